The third kappa shape index (κ3) is 3.94. The SMILES string of the molecule is Cc1cc(C(=O)NNC(=O)c2c(C)nn(Cc3ccccc3Cl)c2C)c(C)o1. The van der Waals surface area contributed by atoms with Gasteiger partial charge in [-0.3, -0.25) is 25.1 Å². The van der Waals surface area contributed by atoms with Crippen LogP contribution in [0.3, 0.4) is 0 Å². The fourth-order valence-corrected chi connectivity index (χ4v) is 3.26. The molecule has 0 bridgehead atoms. The largest absolute Gasteiger partial charge is 0.466 e. The maximum absolute atomic E-state index is 12.6. The monoisotopic (exact) mass is 400 g/mol. The summed E-state index contributed by atoms with van der Waals surface area (Å²) in [4.78, 5) is 24.9. The second-order valence-electron chi connectivity index (χ2n) is 6.53. The number of hydrazine groups is 1. The number of aryl methyl sites for hydroxylation is 3. The summed E-state index contributed by atoms with van der Waals surface area (Å²) in [6.45, 7) is 7.44. The Bertz CT molecular complexity index is 1050. The molecule has 2 aromatic heterocycles. The first-order chi connectivity index (χ1) is 13.3. The second kappa shape index (κ2) is 7.90. The number of hydrogen-bond donors (Lipinski definition) is 2. The molecule has 0 unspecified atom stereocenters. The van der Waals surface area contributed by atoms with Crippen molar-refractivity contribution in [1.82, 2.24) is 20.6 Å². The molecule has 0 saturated heterocycles. The van der Waals surface area contributed by atoms with Crippen molar-refractivity contribution in [2.45, 2.75) is 34.2 Å². The molecule has 2 N–H and O–H groups in total. The van der Waals surface area contributed by atoms with E-state index in [0.717, 1.165) is 5.56 Å². The average molecular weight is 401 g/mol. The molecule has 0 atom stereocenters. The maximum Gasteiger partial charge on any atom is 0.273 e. The predicted octanol–water partition coefficient (Wildman–Crippen LogP) is 3.49. The van der Waals surface area contributed by atoms with Gasteiger partial charge in [0.05, 0.1) is 23.4 Å². The normalized spacial score (nSPS) is 10.8. The molecule has 0 spiro atoms. The van der Waals surface area contributed by atoms with Crippen molar-refractivity contribution in [2.24, 2.45) is 0 Å². The van der Waals surface area contributed by atoms with E-state index in [1.54, 1.807) is 38.4 Å². The lowest BCUT2D eigenvalue weighted by molar-refractivity contribution is 0.0845. The van der Waals surface area contributed by atoms with Crippen LogP contribution in [0.15, 0.2) is 34.7 Å². The first-order valence-corrected chi connectivity index (χ1v) is 9.11. The summed E-state index contributed by atoms with van der Waals surface area (Å²) in [7, 11) is 0. The molecule has 1 aromatic carbocycles. The van der Waals surface area contributed by atoms with Crippen molar-refractivity contribution >= 4 is 23.4 Å². The first-order valence-electron chi connectivity index (χ1n) is 8.73. The fraction of sp³-hybridized carbons (Fsp3) is 0.250. The molecule has 0 aliphatic carbocycles. The Labute approximate surface area is 167 Å². The predicted molar refractivity (Wildman–Crippen MR) is 105 cm³/mol. The van der Waals surface area contributed by atoms with Gasteiger partial charge in [-0.15, -0.1) is 0 Å². The summed E-state index contributed by atoms with van der Waals surface area (Å²) in [6.07, 6.45) is 0. The van der Waals surface area contributed by atoms with Gasteiger partial charge in [0.1, 0.15) is 11.5 Å². The number of amides is 2. The van der Waals surface area contributed by atoms with Gasteiger partial charge in [-0.1, -0.05) is 29.8 Å². The second-order valence-corrected chi connectivity index (χ2v) is 6.94. The smallest absolute Gasteiger partial charge is 0.273 e. The molecule has 0 aliphatic rings. The van der Waals surface area contributed by atoms with Crippen molar-refractivity contribution in [3.8, 4) is 0 Å². The maximum atomic E-state index is 12.6. The van der Waals surface area contributed by atoms with E-state index in [9.17, 15) is 9.59 Å². The van der Waals surface area contributed by atoms with Crippen molar-refractivity contribution in [3.05, 3.63) is 75.0 Å². The van der Waals surface area contributed by atoms with E-state index in [1.807, 2.05) is 24.3 Å². The van der Waals surface area contributed by atoms with E-state index in [2.05, 4.69) is 16.0 Å². The van der Waals surface area contributed by atoms with Crippen LogP contribution < -0.4 is 10.9 Å². The van der Waals surface area contributed by atoms with Gasteiger partial charge in [-0.25, -0.2) is 0 Å². The van der Waals surface area contributed by atoms with Crippen LogP contribution in [0.2, 0.25) is 5.02 Å². The minimum Gasteiger partial charge on any atom is -0.466 e. The number of carbonyl (C=O) groups is 2. The van der Waals surface area contributed by atoms with E-state index in [4.69, 9.17) is 16.0 Å². The number of carbonyl (C=O) groups excluding carboxylic acids is 2. The molecular weight excluding hydrogens is 380 g/mol. The highest BCUT2D eigenvalue weighted by atomic mass is 35.5. The molecule has 28 heavy (non-hydrogen) atoms. The Morgan fingerprint density at radius 1 is 1.11 bits per heavy atom. The van der Waals surface area contributed by atoms with Gasteiger partial charge in [0.2, 0.25) is 0 Å². The highest BCUT2D eigenvalue weighted by Crippen LogP contribution is 2.19. The van der Waals surface area contributed by atoms with Crippen LogP contribution in [0.4, 0.5) is 0 Å². The van der Waals surface area contributed by atoms with Gasteiger partial charge in [0, 0.05) is 10.7 Å². The molecule has 0 aliphatic heterocycles. The molecular formula is C20H21ClN4O3. The van der Waals surface area contributed by atoms with Gasteiger partial charge in [0.25, 0.3) is 11.8 Å². The van der Waals surface area contributed by atoms with Crippen molar-refractivity contribution < 1.29 is 14.0 Å². The Morgan fingerprint density at radius 2 is 1.79 bits per heavy atom. The van der Waals surface area contributed by atoms with Crippen LogP contribution in [0.1, 0.15) is 49.2 Å². The van der Waals surface area contributed by atoms with E-state index < -0.39 is 11.8 Å². The van der Waals surface area contributed by atoms with E-state index in [1.165, 1.54) is 0 Å². The molecule has 2 amide bonds. The summed E-state index contributed by atoms with van der Waals surface area (Å²) < 4.78 is 7.06. The number of aromatic nitrogens is 2. The lowest BCUT2D eigenvalue weighted by atomic mass is 10.2. The fourth-order valence-electron chi connectivity index (χ4n) is 3.07. The zero-order valence-corrected chi connectivity index (χ0v) is 16.8. The van der Waals surface area contributed by atoms with Crippen LogP contribution in [-0.4, -0.2) is 21.6 Å². The van der Waals surface area contributed by atoms with Gasteiger partial charge in [0.15, 0.2) is 0 Å². The van der Waals surface area contributed by atoms with Crippen LogP contribution in [-0.2, 0) is 6.54 Å². The Hall–Kier alpha value is -3.06. The van der Waals surface area contributed by atoms with E-state index in [-0.39, 0.29) is 0 Å². The molecule has 3 rings (SSSR count). The molecule has 8 heteroatoms. The number of furan rings is 1. The third-order valence-electron chi connectivity index (χ3n) is 4.46. The standard InChI is InChI=1S/C20H21ClN4O3/c1-11-9-16(14(4)28-11)19(26)22-23-20(27)18-12(2)24-25(13(18)3)10-15-7-5-6-8-17(15)21/h5-9H,10H2,1-4H3,(H,22,26)(H,23,27). The Morgan fingerprint density at radius 3 is 2.43 bits per heavy atom. The molecule has 0 fully saturated rings. The van der Waals surface area contributed by atoms with Crippen molar-refractivity contribution in [1.29, 1.82) is 0 Å². The lowest BCUT2D eigenvalue weighted by Crippen LogP contribution is -2.42. The summed E-state index contributed by atoms with van der Waals surface area (Å²) in [6, 6.07) is 9.10. The summed E-state index contributed by atoms with van der Waals surface area (Å²) in [5.74, 6) is 0.235. The summed E-state index contributed by atoms with van der Waals surface area (Å²) >= 11 is 6.22. The van der Waals surface area contributed by atoms with E-state index >= 15 is 0 Å². The Kier molecular flexibility index (Phi) is 5.56. The van der Waals surface area contributed by atoms with Gasteiger partial charge in [-0.05, 0) is 45.4 Å². The van der Waals surface area contributed by atoms with Crippen LogP contribution in [0, 0.1) is 27.7 Å². The quantitative estimate of drug-likeness (QED) is 0.656. The summed E-state index contributed by atoms with van der Waals surface area (Å²) in [5.41, 5.74) is 7.79. The summed E-state index contributed by atoms with van der Waals surface area (Å²) in [5, 5.41) is 5.08. The van der Waals surface area contributed by atoms with Crippen LogP contribution in [0.5, 0.6) is 0 Å². The molecule has 2 heterocycles. The number of hydrogen-bond acceptors (Lipinski definition) is 4. The van der Waals surface area contributed by atoms with Gasteiger partial charge >= 0.3 is 0 Å². The Balaban J connectivity index is 1.73. The minimum atomic E-state index is -0.443. The first kappa shape index (κ1) is 19.7. The average Bonchev–Trinajstić information content (AvgIpc) is 3.12. The number of nitrogens with one attached hydrogen (secondary N) is 2. The minimum absolute atomic E-state index is 0.376. The van der Waals surface area contributed by atoms with Crippen LogP contribution in [0.25, 0.3) is 0 Å². The highest BCUT2D eigenvalue weighted by molar-refractivity contribution is 6.31. The lowest BCUT2D eigenvalue weighted by Gasteiger charge is -2.09. The molecule has 146 valence electrons. The highest BCUT2D eigenvalue weighted by Gasteiger charge is 2.20. The number of benzene rings is 1. The van der Waals surface area contributed by atoms with Crippen molar-refractivity contribution in [2.75, 3.05) is 0 Å². The number of rotatable bonds is 4. The van der Waals surface area contributed by atoms with Gasteiger partial charge < -0.3 is 4.42 Å². The molecule has 0 radical (unpaired) electrons. The third-order valence-corrected chi connectivity index (χ3v) is 4.83. The number of halogens is 1. The van der Waals surface area contributed by atoms with Crippen LogP contribution >= 0.6 is 11.6 Å². The topological polar surface area (TPSA) is 89.2 Å². The van der Waals surface area contributed by atoms with Gasteiger partial charge in [-0.2, -0.15) is 5.10 Å². The molecule has 3 aromatic rings. The zero-order valence-electron chi connectivity index (χ0n) is 16.1. The molecule has 7 nitrogen and oxygen atoms in total. The molecule has 0 saturated carbocycles. The van der Waals surface area contributed by atoms with E-state index in [0.29, 0.717) is 45.6 Å². The van der Waals surface area contributed by atoms with Crippen molar-refractivity contribution in [3.63, 3.8) is 0 Å². The zero-order chi connectivity index (χ0) is 20.4. The number of nitrogens with zero attached hydrogens (tertiary/aromatic N) is 2.